The molecular formula is C21H20INO5. The molecule has 0 N–H and O–H groups in total. The number of rotatable bonds is 7. The smallest absolute Gasteiger partial charge is 0.363 e. The first-order valence-corrected chi connectivity index (χ1v) is 9.81. The summed E-state index contributed by atoms with van der Waals surface area (Å²) in [6, 6.07) is 10.9. The standard InChI is InChI=1S/C21H20INO5/c1-4-9-27-19-16(22)10-13(12-18(19)26-3)11-17-21(24)28-20(23-17)14-5-7-15(25-2)8-6-14/h5-8,10-12H,4,9H2,1-3H3/b17-11+. The van der Waals surface area contributed by atoms with E-state index in [0.29, 0.717) is 23.7 Å². The van der Waals surface area contributed by atoms with Crippen LogP contribution in [-0.4, -0.2) is 32.7 Å². The fourth-order valence-electron chi connectivity index (χ4n) is 2.59. The Hall–Kier alpha value is -2.55. The van der Waals surface area contributed by atoms with E-state index in [1.165, 1.54) is 0 Å². The molecule has 2 aromatic rings. The minimum Gasteiger partial charge on any atom is -0.497 e. The van der Waals surface area contributed by atoms with E-state index in [1.807, 2.05) is 19.1 Å². The molecule has 0 spiro atoms. The highest BCUT2D eigenvalue weighted by Crippen LogP contribution is 2.35. The molecular weight excluding hydrogens is 473 g/mol. The number of hydrogen-bond donors (Lipinski definition) is 0. The lowest BCUT2D eigenvalue weighted by molar-refractivity contribution is -0.129. The summed E-state index contributed by atoms with van der Waals surface area (Å²) in [4.78, 5) is 16.6. The molecule has 1 aliphatic rings. The summed E-state index contributed by atoms with van der Waals surface area (Å²) in [6.07, 6.45) is 2.58. The molecule has 0 saturated heterocycles. The summed E-state index contributed by atoms with van der Waals surface area (Å²) in [7, 11) is 3.18. The molecule has 6 nitrogen and oxygen atoms in total. The number of esters is 1. The van der Waals surface area contributed by atoms with Crippen LogP contribution in [0.5, 0.6) is 17.2 Å². The van der Waals surface area contributed by atoms with Gasteiger partial charge in [-0.2, -0.15) is 0 Å². The van der Waals surface area contributed by atoms with Gasteiger partial charge in [0.1, 0.15) is 5.75 Å². The van der Waals surface area contributed by atoms with Crippen molar-refractivity contribution in [2.75, 3.05) is 20.8 Å². The molecule has 7 heteroatoms. The summed E-state index contributed by atoms with van der Waals surface area (Å²) in [6.45, 7) is 2.65. The highest BCUT2D eigenvalue weighted by Gasteiger charge is 2.24. The predicted molar refractivity (Wildman–Crippen MR) is 115 cm³/mol. The zero-order valence-electron chi connectivity index (χ0n) is 15.8. The summed E-state index contributed by atoms with van der Waals surface area (Å²) < 4.78 is 22.6. The third-order valence-electron chi connectivity index (χ3n) is 3.96. The molecule has 0 fully saturated rings. The Bertz CT molecular complexity index is 935. The van der Waals surface area contributed by atoms with Crippen molar-refractivity contribution in [1.82, 2.24) is 0 Å². The molecule has 0 radical (unpaired) electrons. The molecule has 2 aromatic carbocycles. The van der Waals surface area contributed by atoms with Crippen LogP contribution in [0.25, 0.3) is 6.08 Å². The van der Waals surface area contributed by atoms with E-state index in [1.54, 1.807) is 44.6 Å². The Labute approximate surface area is 177 Å². The van der Waals surface area contributed by atoms with E-state index in [9.17, 15) is 4.79 Å². The lowest BCUT2D eigenvalue weighted by Crippen LogP contribution is -2.05. The van der Waals surface area contributed by atoms with Gasteiger partial charge in [-0.3, -0.25) is 0 Å². The molecule has 0 aliphatic carbocycles. The maximum Gasteiger partial charge on any atom is 0.363 e. The number of cyclic esters (lactones) is 1. The maximum atomic E-state index is 12.2. The highest BCUT2D eigenvalue weighted by molar-refractivity contribution is 14.1. The molecule has 0 aromatic heterocycles. The van der Waals surface area contributed by atoms with E-state index >= 15 is 0 Å². The lowest BCUT2D eigenvalue weighted by Gasteiger charge is -2.13. The van der Waals surface area contributed by atoms with E-state index in [4.69, 9.17) is 18.9 Å². The topological polar surface area (TPSA) is 66.3 Å². The van der Waals surface area contributed by atoms with Crippen LogP contribution in [0.2, 0.25) is 0 Å². The van der Waals surface area contributed by atoms with Gasteiger partial charge in [0.25, 0.3) is 0 Å². The fraction of sp³-hybridized carbons (Fsp3) is 0.238. The van der Waals surface area contributed by atoms with Crippen molar-refractivity contribution in [3.8, 4) is 17.2 Å². The first kappa shape index (κ1) is 20.2. The number of halogens is 1. The second kappa shape index (κ2) is 9.09. The van der Waals surface area contributed by atoms with Gasteiger partial charge >= 0.3 is 5.97 Å². The largest absolute Gasteiger partial charge is 0.497 e. The molecule has 3 rings (SSSR count). The molecule has 146 valence electrons. The van der Waals surface area contributed by atoms with Gasteiger partial charge in [0.2, 0.25) is 5.90 Å². The van der Waals surface area contributed by atoms with Crippen molar-refractivity contribution in [3.63, 3.8) is 0 Å². The average molecular weight is 493 g/mol. The first-order chi connectivity index (χ1) is 13.5. The summed E-state index contributed by atoms with van der Waals surface area (Å²) in [5, 5.41) is 0. The van der Waals surface area contributed by atoms with Crippen LogP contribution in [0.3, 0.4) is 0 Å². The fourth-order valence-corrected chi connectivity index (χ4v) is 3.37. The minimum atomic E-state index is -0.494. The molecule has 0 amide bonds. The molecule has 28 heavy (non-hydrogen) atoms. The van der Waals surface area contributed by atoms with Gasteiger partial charge in [-0.05, 0) is 77.0 Å². The second-order valence-corrected chi connectivity index (χ2v) is 7.11. The van der Waals surface area contributed by atoms with Crippen LogP contribution in [0.4, 0.5) is 0 Å². The number of benzene rings is 2. The van der Waals surface area contributed by atoms with E-state index in [2.05, 4.69) is 27.6 Å². The Kier molecular flexibility index (Phi) is 6.56. The number of hydrogen-bond acceptors (Lipinski definition) is 6. The number of methoxy groups -OCH3 is 2. The molecule has 0 bridgehead atoms. The average Bonchev–Trinajstić information content (AvgIpc) is 3.07. The highest BCUT2D eigenvalue weighted by atomic mass is 127. The first-order valence-electron chi connectivity index (χ1n) is 8.73. The number of nitrogens with zero attached hydrogens (tertiary/aromatic N) is 1. The third kappa shape index (κ3) is 4.46. The second-order valence-electron chi connectivity index (χ2n) is 5.95. The van der Waals surface area contributed by atoms with Gasteiger partial charge in [0.05, 0.1) is 24.4 Å². The molecule has 1 heterocycles. The van der Waals surface area contributed by atoms with Crippen LogP contribution in [0, 0.1) is 3.57 Å². The molecule has 0 unspecified atom stereocenters. The zero-order chi connectivity index (χ0) is 20.1. The lowest BCUT2D eigenvalue weighted by atomic mass is 10.1. The maximum absolute atomic E-state index is 12.2. The van der Waals surface area contributed by atoms with E-state index in [0.717, 1.165) is 21.3 Å². The van der Waals surface area contributed by atoms with Crippen molar-refractivity contribution in [2.24, 2.45) is 4.99 Å². The van der Waals surface area contributed by atoms with Gasteiger partial charge in [-0.25, -0.2) is 9.79 Å². The predicted octanol–water partition coefficient (Wildman–Crippen LogP) is 4.44. The van der Waals surface area contributed by atoms with Crippen molar-refractivity contribution in [1.29, 1.82) is 0 Å². The summed E-state index contributed by atoms with van der Waals surface area (Å²) in [5.41, 5.74) is 1.70. The number of aliphatic imine (C=N–C) groups is 1. The van der Waals surface area contributed by atoms with Crippen LogP contribution in [-0.2, 0) is 9.53 Å². The van der Waals surface area contributed by atoms with Crippen molar-refractivity contribution in [3.05, 3.63) is 56.8 Å². The van der Waals surface area contributed by atoms with Crippen molar-refractivity contribution >= 4 is 40.5 Å². The molecule has 0 atom stereocenters. The van der Waals surface area contributed by atoms with E-state index in [-0.39, 0.29) is 11.6 Å². The van der Waals surface area contributed by atoms with Gasteiger partial charge in [0.15, 0.2) is 17.2 Å². The van der Waals surface area contributed by atoms with Crippen LogP contribution < -0.4 is 14.2 Å². The minimum absolute atomic E-state index is 0.228. The third-order valence-corrected chi connectivity index (χ3v) is 4.76. The summed E-state index contributed by atoms with van der Waals surface area (Å²) in [5.74, 6) is 1.80. The quantitative estimate of drug-likeness (QED) is 0.324. The Morgan fingerprint density at radius 1 is 1.14 bits per heavy atom. The molecule has 0 saturated carbocycles. The SMILES string of the molecule is CCCOc1c(I)cc(/C=C2/N=C(c3ccc(OC)cc3)OC2=O)cc1OC. The van der Waals surface area contributed by atoms with E-state index < -0.39 is 5.97 Å². The van der Waals surface area contributed by atoms with Gasteiger partial charge in [-0.1, -0.05) is 6.92 Å². The van der Waals surface area contributed by atoms with Crippen LogP contribution >= 0.6 is 22.6 Å². The van der Waals surface area contributed by atoms with Crippen LogP contribution in [0.15, 0.2) is 47.1 Å². The van der Waals surface area contributed by atoms with Crippen molar-refractivity contribution in [2.45, 2.75) is 13.3 Å². The Balaban J connectivity index is 1.90. The van der Waals surface area contributed by atoms with Crippen LogP contribution in [0.1, 0.15) is 24.5 Å². The van der Waals surface area contributed by atoms with Gasteiger partial charge in [-0.15, -0.1) is 0 Å². The number of ether oxygens (including phenoxy) is 4. The Morgan fingerprint density at radius 2 is 1.89 bits per heavy atom. The zero-order valence-corrected chi connectivity index (χ0v) is 18.0. The number of carbonyl (C=O) groups excluding carboxylic acids is 1. The molecule has 1 aliphatic heterocycles. The normalized spacial score (nSPS) is 14.6. The monoisotopic (exact) mass is 493 g/mol. The van der Waals surface area contributed by atoms with Gasteiger partial charge in [0, 0.05) is 5.56 Å². The van der Waals surface area contributed by atoms with Crippen molar-refractivity contribution < 1.29 is 23.7 Å². The Morgan fingerprint density at radius 3 is 2.54 bits per heavy atom. The summed E-state index contributed by atoms with van der Waals surface area (Å²) >= 11 is 2.19. The van der Waals surface area contributed by atoms with Gasteiger partial charge < -0.3 is 18.9 Å². The number of carbonyl (C=O) groups is 1.